The van der Waals surface area contributed by atoms with E-state index in [-0.39, 0.29) is 5.91 Å². The van der Waals surface area contributed by atoms with Gasteiger partial charge in [-0.15, -0.1) is 0 Å². The van der Waals surface area contributed by atoms with E-state index in [4.69, 9.17) is 0 Å². The second-order valence-corrected chi connectivity index (χ2v) is 5.84. The Morgan fingerprint density at radius 2 is 1.96 bits per heavy atom. The average molecular weight is 310 g/mol. The summed E-state index contributed by atoms with van der Waals surface area (Å²) in [5.74, 6) is 0.0221. The van der Waals surface area contributed by atoms with Gasteiger partial charge >= 0.3 is 0 Å². The number of carbonyl (C=O) groups is 1. The lowest BCUT2D eigenvalue weighted by molar-refractivity contribution is 0.0644. The molecule has 0 spiro atoms. The van der Waals surface area contributed by atoms with Gasteiger partial charge in [-0.2, -0.15) is 5.10 Å². The summed E-state index contributed by atoms with van der Waals surface area (Å²) >= 11 is 0. The average Bonchev–Trinajstić information content (AvgIpc) is 3.02. The topological polar surface area (TPSA) is 52.2 Å². The van der Waals surface area contributed by atoms with Crippen LogP contribution in [-0.2, 0) is 0 Å². The van der Waals surface area contributed by atoms with Crippen LogP contribution in [0.15, 0.2) is 42.5 Å². The highest BCUT2D eigenvalue weighted by molar-refractivity contribution is 5.92. The van der Waals surface area contributed by atoms with Crippen molar-refractivity contribution in [1.29, 1.82) is 0 Å². The first-order valence-corrected chi connectivity index (χ1v) is 7.97. The summed E-state index contributed by atoms with van der Waals surface area (Å²) in [7, 11) is 0. The lowest BCUT2D eigenvalue weighted by Crippen LogP contribution is -2.48. The molecule has 120 valence electrons. The third kappa shape index (κ3) is 4.07. The van der Waals surface area contributed by atoms with Crippen LogP contribution < -0.4 is 0 Å². The lowest BCUT2D eigenvalue weighted by Gasteiger charge is -2.33. The Kier molecular flexibility index (Phi) is 4.88. The Balaban J connectivity index is 1.47. The Morgan fingerprint density at radius 1 is 1.22 bits per heavy atom. The number of nitrogens with one attached hydrogen (secondary N) is 1. The maximum atomic E-state index is 12.3. The Morgan fingerprint density at radius 3 is 2.61 bits per heavy atom. The molecule has 0 atom stereocenters. The summed E-state index contributed by atoms with van der Waals surface area (Å²) in [6, 6.07) is 12.1. The summed E-state index contributed by atoms with van der Waals surface area (Å²) in [6.07, 6.45) is 4.33. The molecule has 3 rings (SSSR count). The van der Waals surface area contributed by atoms with Crippen molar-refractivity contribution in [2.75, 3.05) is 32.7 Å². The maximum Gasteiger partial charge on any atom is 0.274 e. The largest absolute Gasteiger partial charge is 0.335 e. The number of hydrogen-bond donors (Lipinski definition) is 1. The Bertz CT molecular complexity index is 669. The van der Waals surface area contributed by atoms with Crippen molar-refractivity contribution < 1.29 is 4.79 Å². The SMILES string of the molecule is Cc1cc(C(=O)N2CCN(CC=Cc3ccccc3)CC2)n[nH]1. The fourth-order valence-corrected chi connectivity index (χ4v) is 2.73. The molecule has 1 saturated heterocycles. The highest BCUT2D eigenvalue weighted by Gasteiger charge is 2.22. The van der Waals surface area contributed by atoms with Crippen LogP contribution in [0.5, 0.6) is 0 Å². The molecular weight excluding hydrogens is 288 g/mol. The number of hydrogen-bond acceptors (Lipinski definition) is 3. The lowest BCUT2D eigenvalue weighted by atomic mass is 10.2. The monoisotopic (exact) mass is 310 g/mol. The quantitative estimate of drug-likeness (QED) is 0.942. The zero-order valence-corrected chi connectivity index (χ0v) is 13.4. The maximum absolute atomic E-state index is 12.3. The predicted molar refractivity (Wildman–Crippen MR) is 91.1 cm³/mol. The molecular formula is C18H22N4O. The summed E-state index contributed by atoms with van der Waals surface area (Å²) in [5, 5.41) is 6.88. The van der Waals surface area contributed by atoms with Gasteiger partial charge in [-0.3, -0.25) is 14.8 Å². The molecule has 0 unspecified atom stereocenters. The summed E-state index contributed by atoms with van der Waals surface area (Å²) < 4.78 is 0. The number of benzene rings is 1. The van der Waals surface area contributed by atoms with Gasteiger partial charge in [0.1, 0.15) is 5.69 Å². The van der Waals surface area contributed by atoms with Crippen molar-refractivity contribution in [2.24, 2.45) is 0 Å². The van der Waals surface area contributed by atoms with E-state index in [0.29, 0.717) is 5.69 Å². The molecule has 2 heterocycles. The molecule has 5 nitrogen and oxygen atoms in total. The summed E-state index contributed by atoms with van der Waals surface area (Å²) in [5.41, 5.74) is 2.65. The number of H-pyrrole nitrogens is 1. The zero-order valence-electron chi connectivity index (χ0n) is 13.4. The summed E-state index contributed by atoms with van der Waals surface area (Å²) in [6.45, 7) is 6.12. The van der Waals surface area contributed by atoms with Crippen molar-refractivity contribution in [3.05, 3.63) is 59.4 Å². The van der Waals surface area contributed by atoms with Gasteiger partial charge < -0.3 is 4.90 Å². The Hall–Kier alpha value is -2.40. The highest BCUT2D eigenvalue weighted by Crippen LogP contribution is 2.08. The van der Waals surface area contributed by atoms with E-state index in [9.17, 15) is 4.79 Å². The number of carbonyl (C=O) groups excluding carboxylic acids is 1. The van der Waals surface area contributed by atoms with Crippen molar-refractivity contribution in [3.8, 4) is 0 Å². The number of piperazine rings is 1. The minimum absolute atomic E-state index is 0.0221. The molecule has 1 aromatic heterocycles. The first-order chi connectivity index (χ1) is 11.2. The molecule has 0 saturated carbocycles. The van der Waals surface area contributed by atoms with Crippen molar-refractivity contribution in [1.82, 2.24) is 20.0 Å². The first kappa shape index (κ1) is 15.5. The van der Waals surface area contributed by atoms with E-state index in [1.54, 1.807) is 6.07 Å². The van der Waals surface area contributed by atoms with Crippen LogP contribution in [0.2, 0.25) is 0 Å². The first-order valence-electron chi connectivity index (χ1n) is 7.97. The number of aryl methyl sites for hydroxylation is 1. The van der Waals surface area contributed by atoms with Gasteiger partial charge in [0.25, 0.3) is 5.91 Å². The minimum Gasteiger partial charge on any atom is -0.335 e. The van der Waals surface area contributed by atoms with Crippen LogP contribution in [-0.4, -0.2) is 58.6 Å². The van der Waals surface area contributed by atoms with Gasteiger partial charge in [-0.1, -0.05) is 42.5 Å². The van der Waals surface area contributed by atoms with Crippen molar-refractivity contribution >= 4 is 12.0 Å². The molecule has 23 heavy (non-hydrogen) atoms. The highest BCUT2D eigenvalue weighted by atomic mass is 16.2. The van der Waals surface area contributed by atoms with Gasteiger partial charge in [0.2, 0.25) is 0 Å². The fraction of sp³-hybridized carbons (Fsp3) is 0.333. The smallest absolute Gasteiger partial charge is 0.274 e. The van der Waals surface area contributed by atoms with Crippen LogP contribution in [0.1, 0.15) is 21.7 Å². The molecule has 2 aromatic rings. The van der Waals surface area contributed by atoms with E-state index < -0.39 is 0 Å². The van der Waals surface area contributed by atoms with Gasteiger partial charge in [0, 0.05) is 38.4 Å². The van der Waals surface area contributed by atoms with E-state index in [0.717, 1.165) is 38.4 Å². The van der Waals surface area contributed by atoms with Crippen molar-refractivity contribution in [2.45, 2.75) is 6.92 Å². The van der Waals surface area contributed by atoms with Gasteiger partial charge in [-0.25, -0.2) is 0 Å². The molecule has 5 heteroatoms. The van der Waals surface area contributed by atoms with E-state index in [1.165, 1.54) is 5.56 Å². The fourth-order valence-electron chi connectivity index (χ4n) is 2.73. The van der Waals surface area contributed by atoms with E-state index >= 15 is 0 Å². The van der Waals surface area contributed by atoms with Crippen LogP contribution in [0.3, 0.4) is 0 Å². The number of rotatable bonds is 4. The predicted octanol–water partition coefficient (Wildman–Crippen LogP) is 2.19. The third-order valence-corrected chi connectivity index (χ3v) is 4.06. The van der Waals surface area contributed by atoms with E-state index in [1.807, 2.05) is 30.0 Å². The molecule has 0 bridgehead atoms. The Labute approximate surface area is 136 Å². The van der Waals surface area contributed by atoms with Crippen molar-refractivity contribution in [3.63, 3.8) is 0 Å². The van der Waals surface area contributed by atoms with Crippen LogP contribution in [0.25, 0.3) is 6.08 Å². The second-order valence-electron chi connectivity index (χ2n) is 5.84. The molecule has 1 N–H and O–H groups in total. The van der Waals surface area contributed by atoms with E-state index in [2.05, 4.69) is 39.4 Å². The van der Waals surface area contributed by atoms with Gasteiger partial charge in [0.15, 0.2) is 0 Å². The standard InChI is InChI=1S/C18H22N4O/c1-15-14-17(20-19-15)18(23)22-12-10-21(11-13-22)9-5-8-16-6-3-2-4-7-16/h2-8,14H,9-13H2,1H3,(H,19,20). The number of aromatic amines is 1. The van der Waals surface area contributed by atoms with Crippen LogP contribution >= 0.6 is 0 Å². The molecule has 1 aromatic carbocycles. The molecule has 1 amide bonds. The van der Waals surface area contributed by atoms with Crippen LogP contribution in [0, 0.1) is 6.92 Å². The normalized spacial score (nSPS) is 16.1. The third-order valence-electron chi connectivity index (χ3n) is 4.06. The number of aromatic nitrogens is 2. The second kappa shape index (κ2) is 7.24. The zero-order chi connectivity index (χ0) is 16.1. The molecule has 1 fully saturated rings. The molecule has 1 aliphatic heterocycles. The number of nitrogens with zero attached hydrogens (tertiary/aromatic N) is 3. The molecule has 0 radical (unpaired) electrons. The molecule has 1 aliphatic rings. The van der Waals surface area contributed by atoms with Crippen LogP contribution in [0.4, 0.5) is 0 Å². The minimum atomic E-state index is 0.0221. The van der Waals surface area contributed by atoms with Gasteiger partial charge in [0.05, 0.1) is 0 Å². The molecule has 0 aliphatic carbocycles. The summed E-state index contributed by atoms with van der Waals surface area (Å²) in [4.78, 5) is 16.6. The number of amides is 1. The van der Waals surface area contributed by atoms with Gasteiger partial charge in [-0.05, 0) is 18.6 Å².